The van der Waals surface area contributed by atoms with Crippen LogP contribution >= 0.6 is 46.4 Å². The molecule has 0 aliphatic carbocycles. The maximum Gasteiger partial charge on any atom is 0.400 e. The van der Waals surface area contributed by atoms with Crippen LogP contribution in [0.1, 0.15) is 17.5 Å². The Bertz CT molecular complexity index is 804. The van der Waals surface area contributed by atoms with E-state index in [1.807, 2.05) is 0 Å². The number of hydrogen-bond donors (Lipinski definition) is 0. The van der Waals surface area contributed by atoms with Gasteiger partial charge in [0.05, 0.1) is 0 Å². The number of benzene rings is 2. The van der Waals surface area contributed by atoms with Crippen LogP contribution in [0.2, 0.25) is 15.1 Å². The van der Waals surface area contributed by atoms with Crippen molar-refractivity contribution >= 4 is 52.1 Å². The summed E-state index contributed by atoms with van der Waals surface area (Å²) in [5.41, 5.74) is -0.601. The van der Waals surface area contributed by atoms with Crippen LogP contribution in [0, 0.1) is 0 Å². The average Bonchev–Trinajstić information content (AvgIpc) is 3.00. The molecule has 0 amide bonds. The second-order valence-electron chi connectivity index (χ2n) is 6.32. The van der Waals surface area contributed by atoms with Gasteiger partial charge < -0.3 is 4.90 Å². The van der Waals surface area contributed by atoms with E-state index in [4.69, 9.17) is 46.4 Å². The second-order valence-corrected chi connectivity index (χ2v) is 7.87. The molecule has 0 aromatic heterocycles. The highest BCUT2D eigenvalue weighted by Gasteiger charge is 2.59. The van der Waals surface area contributed by atoms with Crippen LogP contribution in [0.3, 0.4) is 0 Å². The summed E-state index contributed by atoms with van der Waals surface area (Å²) in [6.07, 6.45) is -4.54. The van der Waals surface area contributed by atoms with Gasteiger partial charge in [-0.2, -0.15) is 13.2 Å². The normalized spacial score (nSPS) is 20.7. The van der Waals surface area contributed by atoms with Crippen LogP contribution in [-0.2, 0) is 11.3 Å². The van der Waals surface area contributed by atoms with Crippen molar-refractivity contribution in [2.75, 3.05) is 18.0 Å². The molecule has 1 heterocycles. The molecule has 140 valence electrons. The van der Waals surface area contributed by atoms with E-state index in [2.05, 4.69) is 0 Å². The molecular formula is C18H14Cl4F3N. The summed E-state index contributed by atoms with van der Waals surface area (Å²) in [6.45, 7) is 0.00388. The van der Waals surface area contributed by atoms with E-state index in [1.165, 1.54) is 18.2 Å². The highest BCUT2D eigenvalue weighted by atomic mass is 35.5. The zero-order valence-electron chi connectivity index (χ0n) is 13.4. The Hall–Kier alpha value is -0.810. The second kappa shape index (κ2) is 7.31. The van der Waals surface area contributed by atoms with E-state index >= 15 is 0 Å². The van der Waals surface area contributed by atoms with Crippen molar-refractivity contribution in [2.24, 2.45) is 0 Å². The van der Waals surface area contributed by atoms with Gasteiger partial charge in [-0.1, -0.05) is 40.9 Å². The molecular weight excluding hydrogens is 429 g/mol. The molecule has 1 saturated heterocycles. The minimum absolute atomic E-state index is 0.0773. The maximum absolute atomic E-state index is 14.1. The summed E-state index contributed by atoms with van der Waals surface area (Å²) in [4.78, 5) is 1.67. The van der Waals surface area contributed by atoms with Crippen LogP contribution in [-0.4, -0.2) is 19.3 Å². The molecule has 26 heavy (non-hydrogen) atoms. The van der Waals surface area contributed by atoms with Crippen molar-refractivity contribution in [1.29, 1.82) is 0 Å². The predicted octanol–water partition coefficient (Wildman–Crippen LogP) is 7.10. The summed E-state index contributed by atoms with van der Waals surface area (Å²) in [6, 6.07) is 9.22. The lowest BCUT2D eigenvalue weighted by Gasteiger charge is -2.33. The van der Waals surface area contributed by atoms with Gasteiger partial charge in [-0.25, -0.2) is 0 Å². The van der Waals surface area contributed by atoms with Gasteiger partial charge in [0, 0.05) is 39.7 Å². The molecule has 0 N–H and O–H groups in total. The summed E-state index contributed by atoms with van der Waals surface area (Å²) in [7, 11) is 0. The molecule has 1 unspecified atom stereocenters. The van der Waals surface area contributed by atoms with Gasteiger partial charge in [-0.15, -0.1) is 11.6 Å². The lowest BCUT2D eigenvalue weighted by molar-refractivity contribution is -0.184. The molecule has 0 saturated carbocycles. The molecule has 1 atom stereocenters. The summed E-state index contributed by atoms with van der Waals surface area (Å²) < 4.78 is 42.3. The van der Waals surface area contributed by atoms with E-state index in [0.29, 0.717) is 10.7 Å². The van der Waals surface area contributed by atoms with Crippen molar-refractivity contribution in [1.82, 2.24) is 0 Å². The van der Waals surface area contributed by atoms with Crippen molar-refractivity contribution in [3.8, 4) is 0 Å². The summed E-state index contributed by atoms with van der Waals surface area (Å²) >= 11 is 23.9. The third-order valence-electron chi connectivity index (χ3n) is 4.77. The number of alkyl halides is 4. The molecule has 8 heteroatoms. The Labute approximate surface area is 169 Å². The van der Waals surface area contributed by atoms with E-state index in [0.717, 1.165) is 5.56 Å². The van der Waals surface area contributed by atoms with Crippen molar-refractivity contribution in [2.45, 2.75) is 23.9 Å². The van der Waals surface area contributed by atoms with Gasteiger partial charge in [0.25, 0.3) is 0 Å². The molecule has 0 bridgehead atoms. The first-order valence-electron chi connectivity index (χ1n) is 7.79. The highest BCUT2D eigenvalue weighted by molar-refractivity contribution is 6.34. The quantitative estimate of drug-likeness (QED) is 0.458. The largest absolute Gasteiger partial charge is 0.400 e. The Kier molecular flexibility index (Phi) is 5.60. The zero-order chi connectivity index (χ0) is 19.1. The molecule has 1 nitrogen and oxygen atoms in total. The van der Waals surface area contributed by atoms with Crippen molar-refractivity contribution < 1.29 is 13.2 Å². The van der Waals surface area contributed by atoms with Gasteiger partial charge in [0.1, 0.15) is 5.41 Å². The fraction of sp³-hybridized carbons (Fsp3) is 0.333. The first kappa shape index (κ1) is 19.9. The standard InChI is InChI=1S/C18H14Cl4F3N/c19-9-11-1-2-15(8-16(11)22)26-4-3-17(10-26,18(23,24)25)12-5-13(20)7-14(21)6-12/h1-2,5-8H,3-4,9-10H2. The number of nitrogens with zero attached hydrogens (tertiary/aromatic N) is 1. The van der Waals surface area contributed by atoms with E-state index in [-0.39, 0.29) is 41.0 Å². The average molecular weight is 443 g/mol. The number of anilines is 1. The first-order valence-corrected chi connectivity index (χ1v) is 9.46. The van der Waals surface area contributed by atoms with Gasteiger partial charge in [-0.3, -0.25) is 0 Å². The molecule has 1 aliphatic rings. The minimum atomic E-state index is -4.45. The van der Waals surface area contributed by atoms with Crippen LogP contribution < -0.4 is 4.90 Å². The van der Waals surface area contributed by atoms with Gasteiger partial charge in [0.2, 0.25) is 0 Å². The Morgan fingerprint density at radius 1 is 1.00 bits per heavy atom. The molecule has 2 aromatic rings. The number of hydrogen-bond acceptors (Lipinski definition) is 1. The van der Waals surface area contributed by atoms with Crippen LogP contribution in [0.25, 0.3) is 0 Å². The Morgan fingerprint density at radius 3 is 2.19 bits per heavy atom. The maximum atomic E-state index is 14.1. The fourth-order valence-electron chi connectivity index (χ4n) is 3.33. The zero-order valence-corrected chi connectivity index (χ0v) is 16.4. The van der Waals surface area contributed by atoms with Crippen LogP contribution in [0.5, 0.6) is 0 Å². The number of halogens is 7. The topological polar surface area (TPSA) is 3.24 Å². The van der Waals surface area contributed by atoms with Crippen molar-refractivity contribution in [3.63, 3.8) is 0 Å². The lowest BCUT2D eigenvalue weighted by atomic mass is 9.79. The van der Waals surface area contributed by atoms with Gasteiger partial charge in [0.15, 0.2) is 0 Å². The van der Waals surface area contributed by atoms with Crippen LogP contribution in [0.4, 0.5) is 18.9 Å². The summed E-state index contributed by atoms with van der Waals surface area (Å²) in [5, 5.41) is 0.806. The molecule has 2 aromatic carbocycles. The Balaban J connectivity index is 2.00. The van der Waals surface area contributed by atoms with Crippen LogP contribution in [0.15, 0.2) is 36.4 Å². The fourth-order valence-corrected chi connectivity index (χ4v) is 4.40. The molecule has 1 fully saturated rings. The molecule has 1 aliphatic heterocycles. The predicted molar refractivity (Wildman–Crippen MR) is 102 cm³/mol. The SMILES string of the molecule is FC(F)(F)C1(c2cc(Cl)cc(Cl)c2)CCN(c2ccc(CCl)c(Cl)c2)C1. The molecule has 0 radical (unpaired) electrons. The van der Waals surface area contributed by atoms with Crippen molar-refractivity contribution in [3.05, 3.63) is 62.6 Å². The molecule has 0 spiro atoms. The third-order valence-corrected chi connectivity index (χ3v) is 5.85. The first-order chi connectivity index (χ1) is 12.2. The molecule has 3 rings (SSSR count). The van der Waals surface area contributed by atoms with E-state index in [1.54, 1.807) is 23.1 Å². The van der Waals surface area contributed by atoms with Gasteiger partial charge >= 0.3 is 6.18 Å². The minimum Gasteiger partial charge on any atom is -0.370 e. The van der Waals surface area contributed by atoms with E-state index in [9.17, 15) is 13.2 Å². The third kappa shape index (κ3) is 3.62. The van der Waals surface area contributed by atoms with Gasteiger partial charge in [-0.05, 0) is 47.9 Å². The number of rotatable bonds is 3. The lowest BCUT2D eigenvalue weighted by Crippen LogP contribution is -2.44. The Morgan fingerprint density at radius 2 is 1.65 bits per heavy atom. The summed E-state index contributed by atoms with van der Waals surface area (Å²) in [5.74, 6) is 0.243. The smallest absolute Gasteiger partial charge is 0.370 e. The van der Waals surface area contributed by atoms with E-state index < -0.39 is 11.6 Å². The monoisotopic (exact) mass is 441 g/mol. The highest BCUT2D eigenvalue weighted by Crippen LogP contribution is 2.49.